The quantitative estimate of drug-likeness (QED) is 0.789. The summed E-state index contributed by atoms with van der Waals surface area (Å²) in [6.45, 7) is -0.0417. The number of hydrogen-bond donors (Lipinski definition) is 1. The van der Waals surface area contributed by atoms with E-state index >= 15 is 0 Å². The number of nitrogens with zero attached hydrogens (tertiary/aromatic N) is 3. The maximum atomic E-state index is 9.59. The molecule has 98 valence electrons. The van der Waals surface area contributed by atoms with E-state index in [1.165, 1.54) is 0 Å². The molecule has 1 N–H and O–H groups in total. The van der Waals surface area contributed by atoms with Crippen molar-refractivity contribution in [2.75, 3.05) is 0 Å². The Hall–Kier alpha value is -2.59. The van der Waals surface area contributed by atoms with Crippen LogP contribution in [0.3, 0.4) is 0 Å². The van der Waals surface area contributed by atoms with Gasteiger partial charge in [-0.15, -0.1) is 0 Å². The van der Waals surface area contributed by atoms with Crippen LogP contribution < -0.4 is 0 Å². The Kier molecular flexibility index (Phi) is 3.48. The molecule has 0 saturated heterocycles. The zero-order valence-electron chi connectivity index (χ0n) is 10.8. The van der Waals surface area contributed by atoms with Crippen LogP contribution in [-0.4, -0.2) is 20.1 Å². The maximum absolute atomic E-state index is 9.59. The molecular formula is C16H13N3O. The molecular weight excluding hydrogens is 250 g/mol. The van der Waals surface area contributed by atoms with Gasteiger partial charge in [0, 0.05) is 47.7 Å². The molecule has 4 nitrogen and oxygen atoms in total. The summed E-state index contributed by atoms with van der Waals surface area (Å²) < 4.78 is 0. The molecule has 0 atom stereocenters. The molecule has 0 aliphatic carbocycles. The van der Waals surface area contributed by atoms with E-state index in [1.54, 1.807) is 31.0 Å². The highest BCUT2D eigenvalue weighted by Gasteiger charge is 2.13. The molecule has 0 spiro atoms. The third kappa shape index (κ3) is 2.29. The van der Waals surface area contributed by atoms with E-state index in [1.807, 2.05) is 30.3 Å². The van der Waals surface area contributed by atoms with E-state index in [9.17, 15) is 5.11 Å². The summed E-state index contributed by atoms with van der Waals surface area (Å²) in [7, 11) is 0. The summed E-state index contributed by atoms with van der Waals surface area (Å²) in [6.07, 6.45) is 8.69. The number of aliphatic hydroxyl groups excluding tert-OH is 1. The molecule has 0 aromatic carbocycles. The summed E-state index contributed by atoms with van der Waals surface area (Å²) in [4.78, 5) is 12.7. The van der Waals surface area contributed by atoms with E-state index in [0.717, 1.165) is 27.9 Å². The van der Waals surface area contributed by atoms with Gasteiger partial charge in [0.2, 0.25) is 0 Å². The van der Waals surface area contributed by atoms with Gasteiger partial charge in [-0.1, -0.05) is 6.07 Å². The Morgan fingerprint density at radius 1 is 0.850 bits per heavy atom. The highest BCUT2D eigenvalue weighted by molar-refractivity contribution is 5.82. The van der Waals surface area contributed by atoms with Gasteiger partial charge in [0.1, 0.15) is 0 Å². The monoisotopic (exact) mass is 263 g/mol. The van der Waals surface area contributed by atoms with Crippen LogP contribution in [0.4, 0.5) is 0 Å². The average Bonchev–Trinajstić information content (AvgIpc) is 2.55. The molecule has 0 aliphatic rings. The van der Waals surface area contributed by atoms with Crippen molar-refractivity contribution < 1.29 is 5.11 Å². The number of pyridine rings is 3. The third-order valence-corrected chi connectivity index (χ3v) is 3.09. The van der Waals surface area contributed by atoms with Gasteiger partial charge in [0.15, 0.2) is 0 Å². The minimum absolute atomic E-state index is 0.0417. The zero-order chi connectivity index (χ0) is 13.8. The molecule has 4 heteroatoms. The van der Waals surface area contributed by atoms with Crippen LogP contribution in [0.2, 0.25) is 0 Å². The molecule has 0 radical (unpaired) electrons. The van der Waals surface area contributed by atoms with Crippen molar-refractivity contribution in [1.29, 1.82) is 0 Å². The zero-order valence-corrected chi connectivity index (χ0v) is 10.8. The molecule has 3 heterocycles. The molecule has 0 saturated carbocycles. The topological polar surface area (TPSA) is 58.9 Å². The first kappa shape index (κ1) is 12.4. The van der Waals surface area contributed by atoms with Crippen LogP contribution >= 0.6 is 0 Å². The molecule has 0 unspecified atom stereocenters. The van der Waals surface area contributed by atoms with Gasteiger partial charge in [0.05, 0.1) is 12.3 Å². The van der Waals surface area contributed by atoms with Crippen LogP contribution in [0.25, 0.3) is 22.4 Å². The van der Waals surface area contributed by atoms with Gasteiger partial charge in [-0.05, 0) is 29.8 Å². The van der Waals surface area contributed by atoms with Crippen molar-refractivity contribution in [3.05, 3.63) is 66.9 Å². The maximum Gasteiger partial charge on any atom is 0.0799 e. The summed E-state index contributed by atoms with van der Waals surface area (Å²) >= 11 is 0. The molecule has 0 fully saturated rings. The molecule has 3 aromatic heterocycles. The summed E-state index contributed by atoms with van der Waals surface area (Å²) in [5.41, 5.74) is 4.38. The van der Waals surface area contributed by atoms with Crippen molar-refractivity contribution in [3.8, 4) is 22.4 Å². The van der Waals surface area contributed by atoms with Crippen molar-refractivity contribution >= 4 is 0 Å². The molecule has 0 amide bonds. The van der Waals surface area contributed by atoms with Crippen LogP contribution in [0, 0.1) is 0 Å². The standard InChI is InChI=1S/C16H13N3O/c20-11-14-5-8-19-16(13-4-2-7-18-10-13)15(14)12-3-1-6-17-9-12/h1-10,20H,11H2. The molecule has 20 heavy (non-hydrogen) atoms. The van der Waals surface area contributed by atoms with E-state index in [0.29, 0.717) is 0 Å². The Bertz CT molecular complexity index is 699. The highest BCUT2D eigenvalue weighted by Crippen LogP contribution is 2.32. The van der Waals surface area contributed by atoms with Gasteiger partial charge >= 0.3 is 0 Å². The van der Waals surface area contributed by atoms with E-state index < -0.39 is 0 Å². The van der Waals surface area contributed by atoms with Crippen LogP contribution in [0.5, 0.6) is 0 Å². The summed E-state index contributed by atoms with van der Waals surface area (Å²) in [5.74, 6) is 0. The van der Waals surface area contributed by atoms with Crippen LogP contribution in [0.1, 0.15) is 5.56 Å². The van der Waals surface area contributed by atoms with Crippen LogP contribution in [-0.2, 0) is 6.61 Å². The Morgan fingerprint density at radius 3 is 2.15 bits per heavy atom. The largest absolute Gasteiger partial charge is 0.392 e. The molecule has 0 bridgehead atoms. The molecule has 3 rings (SSSR count). The summed E-state index contributed by atoms with van der Waals surface area (Å²) in [5, 5.41) is 9.59. The lowest BCUT2D eigenvalue weighted by Crippen LogP contribution is -1.96. The fourth-order valence-corrected chi connectivity index (χ4v) is 2.19. The highest BCUT2D eigenvalue weighted by atomic mass is 16.3. The minimum atomic E-state index is -0.0417. The Balaban J connectivity index is 2.26. The number of rotatable bonds is 3. The average molecular weight is 263 g/mol. The molecule has 0 aliphatic heterocycles. The van der Waals surface area contributed by atoms with Gasteiger partial charge in [0.25, 0.3) is 0 Å². The lowest BCUT2D eigenvalue weighted by molar-refractivity contribution is 0.282. The summed E-state index contributed by atoms with van der Waals surface area (Å²) in [6, 6.07) is 9.48. The minimum Gasteiger partial charge on any atom is -0.392 e. The first-order chi connectivity index (χ1) is 9.90. The second-order valence-electron chi connectivity index (χ2n) is 4.34. The predicted octanol–water partition coefficient (Wildman–Crippen LogP) is 2.70. The predicted molar refractivity (Wildman–Crippen MR) is 76.6 cm³/mol. The lowest BCUT2D eigenvalue weighted by atomic mass is 9.97. The van der Waals surface area contributed by atoms with E-state index in [4.69, 9.17) is 0 Å². The lowest BCUT2D eigenvalue weighted by Gasteiger charge is -2.12. The van der Waals surface area contributed by atoms with Crippen molar-refractivity contribution in [2.24, 2.45) is 0 Å². The first-order valence-electron chi connectivity index (χ1n) is 6.29. The van der Waals surface area contributed by atoms with E-state index in [-0.39, 0.29) is 6.61 Å². The SMILES string of the molecule is OCc1ccnc(-c2cccnc2)c1-c1cccnc1. The van der Waals surface area contributed by atoms with Crippen molar-refractivity contribution in [3.63, 3.8) is 0 Å². The van der Waals surface area contributed by atoms with Gasteiger partial charge in [-0.3, -0.25) is 15.0 Å². The van der Waals surface area contributed by atoms with Crippen LogP contribution in [0.15, 0.2) is 61.3 Å². The first-order valence-corrected chi connectivity index (χ1v) is 6.29. The van der Waals surface area contributed by atoms with Crippen molar-refractivity contribution in [1.82, 2.24) is 15.0 Å². The second kappa shape index (κ2) is 5.59. The van der Waals surface area contributed by atoms with E-state index in [2.05, 4.69) is 15.0 Å². The normalized spacial score (nSPS) is 10.4. The fourth-order valence-electron chi connectivity index (χ4n) is 2.19. The Morgan fingerprint density at radius 2 is 1.55 bits per heavy atom. The number of aliphatic hydroxyl groups is 1. The smallest absolute Gasteiger partial charge is 0.0799 e. The molecule has 3 aromatic rings. The number of hydrogen-bond acceptors (Lipinski definition) is 4. The van der Waals surface area contributed by atoms with Gasteiger partial charge in [-0.25, -0.2) is 0 Å². The van der Waals surface area contributed by atoms with Gasteiger partial charge in [-0.2, -0.15) is 0 Å². The second-order valence-corrected chi connectivity index (χ2v) is 4.34. The van der Waals surface area contributed by atoms with Gasteiger partial charge < -0.3 is 5.11 Å². The Labute approximate surface area is 116 Å². The number of aromatic nitrogens is 3. The van der Waals surface area contributed by atoms with Crippen molar-refractivity contribution in [2.45, 2.75) is 6.61 Å². The fraction of sp³-hybridized carbons (Fsp3) is 0.0625. The third-order valence-electron chi connectivity index (χ3n) is 3.09.